The molecule has 1 fully saturated rings. The summed E-state index contributed by atoms with van der Waals surface area (Å²) in [6.45, 7) is 0.887. The van der Waals surface area contributed by atoms with Crippen LogP contribution in [0, 0.1) is 0 Å². The Balaban J connectivity index is 2.08. The lowest BCUT2D eigenvalue weighted by Gasteiger charge is -2.18. The van der Waals surface area contributed by atoms with E-state index in [9.17, 15) is 0 Å². The first kappa shape index (κ1) is 7.82. The minimum Gasteiger partial charge on any atom is -0.410 e. The molecule has 0 saturated carbocycles. The summed E-state index contributed by atoms with van der Waals surface area (Å²) in [6.07, 6.45) is 4.13. The van der Waals surface area contributed by atoms with Crippen molar-refractivity contribution in [1.82, 2.24) is 15.4 Å². The highest BCUT2D eigenvalue weighted by Crippen LogP contribution is 2.09. The molecular formula is C7H10N3OSi. The first-order valence-corrected chi connectivity index (χ1v) is 5.72. The molecule has 1 aliphatic rings. The number of rotatable bonds is 1. The summed E-state index contributed by atoms with van der Waals surface area (Å²) >= 11 is 0. The van der Waals surface area contributed by atoms with Crippen LogP contribution < -0.4 is 5.32 Å². The molecule has 1 aromatic heterocycles. The second-order valence-corrected chi connectivity index (χ2v) is 4.88. The van der Waals surface area contributed by atoms with Crippen LogP contribution in [0.2, 0.25) is 6.04 Å². The second-order valence-electron chi connectivity index (χ2n) is 2.73. The maximum atomic E-state index is 5.64. The molecule has 0 aliphatic carbocycles. The zero-order valence-corrected chi connectivity index (χ0v) is 7.73. The summed E-state index contributed by atoms with van der Waals surface area (Å²) in [5.74, 6) is 0. The lowest BCUT2D eigenvalue weighted by atomic mass is 10.4. The van der Waals surface area contributed by atoms with E-state index in [0.29, 0.717) is 0 Å². The summed E-state index contributed by atoms with van der Waals surface area (Å²) in [5.41, 5.74) is 0. The van der Waals surface area contributed by atoms with Crippen molar-refractivity contribution in [3.8, 4) is 0 Å². The fourth-order valence-corrected chi connectivity index (χ4v) is 3.17. The molecule has 0 atom stereocenters. The van der Waals surface area contributed by atoms with Gasteiger partial charge in [-0.3, -0.25) is 0 Å². The molecular weight excluding hydrogens is 170 g/mol. The average molecular weight is 180 g/mol. The van der Waals surface area contributed by atoms with Crippen molar-refractivity contribution in [3.63, 3.8) is 0 Å². The third kappa shape index (κ3) is 1.67. The number of aromatic nitrogens is 3. The standard InChI is InChI=1S/C7H10N3OSi/c1-2-6-12(11-5-1)7-3-4-8-10-9-7/h3-4H,1-2,5-6H2. The topological polar surface area (TPSA) is 47.9 Å². The fraction of sp³-hybridized carbons (Fsp3) is 0.571. The molecule has 12 heavy (non-hydrogen) atoms. The molecule has 1 aromatic rings. The SMILES string of the molecule is c1cc([Si]2CCCCO2)nnn1. The predicted octanol–water partition coefficient (Wildman–Crippen LogP) is -0.120. The summed E-state index contributed by atoms with van der Waals surface area (Å²) in [4.78, 5) is 0. The van der Waals surface area contributed by atoms with E-state index in [1.807, 2.05) is 6.07 Å². The van der Waals surface area contributed by atoms with Crippen LogP contribution in [0.3, 0.4) is 0 Å². The van der Waals surface area contributed by atoms with Gasteiger partial charge < -0.3 is 4.43 Å². The number of hydrogen-bond donors (Lipinski definition) is 0. The zero-order valence-electron chi connectivity index (χ0n) is 6.73. The van der Waals surface area contributed by atoms with Crippen LogP contribution in [-0.4, -0.2) is 31.1 Å². The first-order valence-electron chi connectivity index (χ1n) is 4.10. The van der Waals surface area contributed by atoms with Gasteiger partial charge in [0.1, 0.15) is 0 Å². The van der Waals surface area contributed by atoms with Gasteiger partial charge in [-0.25, -0.2) is 0 Å². The Morgan fingerprint density at radius 1 is 1.42 bits per heavy atom. The van der Waals surface area contributed by atoms with Gasteiger partial charge in [0.15, 0.2) is 0 Å². The third-order valence-corrected chi connectivity index (χ3v) is 4.06. The van der Waals surface area contributed by atoms with Gasteiger partial charge in [-0.1, -0.05) is 6.42 Å². The Morgan fingerprint density at radius 2 is 2.42 bits per heavy atom. The zero-order chi connectivity index (χ0) is 8.23. The fourth-order valence-electron chi connectivity index (χ4n) is 1.25. The normalized spacial score (nSPS) is 19.3. The highest BCUT2D eigenvalue weighted by molar-refractivity contribution is 6.66. The van der Waals surface area contributed by atoms with E-state index in [2.05, 4.69) is 15.4 Å². The number of hydrogen-bond acceptors (Lipinski definition) is 4. The first-order chi connectivity index (χ1) is 5.97. The second kappa shape index (κ2) is 3.73. The summed E-state index contributed by atoms with van der Waals surface area (Å²) in [6, 6.07) is 3.07. The summed E-state index contributed by atoms with van der Waals surface area (Å²) < 4.78 is 5.64. The van der Waals surface area contributed by atoms with Crippen LogP contribution in [0.4, 0.5) is 0 Å². The Bertz CT molecular complexity index is 238. The molecule has 0 amide bonds. The molecule has 0 N–H and O–H groups in total. The van der Waals surface area contributed by atoms with E-state index in [1.165, 1.54) is 12.8 Å². The van der Waals surface area contributed by atoms with Gasteiger partial charge in [-0.15, -0.1) is 10.2 Å². The van der Waals surface area contributed by atoms with E-state index in [0.717, 1.165) is 18.0 Å². The molecule has 5 heteroatoms. The highest BCUT2D eigenvalue weighted by Gasteiger charge is 2.21. The van der Waals surface area contributed by atoms with Crippen LogP contribution >= 0.6 is 0 Å². The van der Waals surface area contributed by atoms with E-state index >= 15 is 0 Å². The molecule has 1 aliphatic heterocycles. The van der Waals surface area contributed by atoms with Crippen molar-refractivity contribution in [2.75, 3.05) is 6.61 Å². The molecule has 0 spiro atoms. The van der Waals surface area contributed by atoms with Crippen molar-refractivity contribution in [2.24, 2.45) is 0 Å². The molecule has 1 saturated heterocycles. The van der Waals surface area contributed by atoms with E-state index in [1.54, 1.807) is 6.20 Å². The quantitative estimate of drug-likeness (QED) is 0.565. The van der Waals surface area contributed by atoms with Crippen LogP contribution in [0.1, 0.15) is 12.8 Å². The molecule has 2 heterocycles. The van der Waals surface area contributed by atoms with Gasteiger partial charge >= 0.3 is 0 Å². The van der Waals surface area contributed by atoms with Gasteiger partial charge in [0.25, 0.3) is 9.04 Å². The minimum absolute atomic E-state index is 0.839. The Morgan fingerprint density at radius 3 is 3.08 bits per heavy atom. The van der Waals surface area contributed by atoms with Crippen molar-refractivity contribution >= 4 is 14.4 Å². The third-order valence-electron chi connectivity index (χ3n) is 1.86. The maximum absolute atomic E-state index is 5.64. The lowest BCUT2D eigenvalue weighted by Crippen LogP contribution is -2.38. The van der Waals surface area contributed by atoms with E-state index in [4.69, 9.17) is 4.43 Å². The van der Waals surface area contributed by atoms with Crippen molar-refractivity contribution in [3.05, 3.63) is 12.3 Å². The smallest absolute Gasteiger partial charge is 0.269 e. The van der Waals surface area contributed by atoms with Gasteiger partial charge in [-0.05, 0) is 23.7 Å². The molecule has 2 rings (SSSR count). The van der Waals surface area contributed by atoms with Crippen LogP contribution in [0.15, 0.2) is 12.3 Å². The van der Waals surface area contributed by atoms with Crippen molar-refractivity contribution < 1.29 is 4.43 Å². The van der Waals surface area contributed by atoms with Crippen LogP contribution in [0.25, 0.3) is 0 Å². The molecule has 63 valence electrons. The molecule has 0 bridgehead atoms. The van der Waals surface area contributed by atoms with E-state index in [-0.39, 0.29) is 0 Å². The van der Waals surface area contributed by atoms with Crippen LogP contribution in [0.5, 0.6) is 0 Å². The summed E-state index contributed by atoms with van der Waals surface area (Å²) in [7, 11) is -0.839. The molecule has 4 nitrogen and oxygen atoms in total. The molecule has 1 radical (unpaired) electrons. The monoisotopic (exact) mass is 180 g/mol. The van der Waals surface area contributed by atoms with Crippen LogP contribution in [-0.2, 0) is 4.43 Å². The Labute approximate surface area is 72.7 Å². The maximum Gasteiger partial charge on any atom is 0.269 e. The average Bonchev–Trinajstić information content (AvgIpc) is 2.21. The van der Waals surface area contributed by atoms with Gasteiger partial charge in [0.2, 0.25) is 0 Å². The molecule has 0 aromatic carbocycles. The largest absolute Gasteiger partial charge is 0.410 e. The minimum atomic E-state index is -0.839. The Kier molecular flexibility index (Phi) is 2.43. The highest BCUT2D eigenvalue weighted by atomic mass is 28.3. The summed E-state index contributed by atoms with van der Waals surface area (Å²) in [5, 5.41) is 12.2. The number of nitrogens with zero attached hydrogens (tertiary/aromatic N) is 3. The Hall–Kier alpha value is -0.813. The van der Waals surface area contributed by atoms with Gasteiger partial charge in [0, 0.05) is 6.61 Å². The van der Waals surface area contributed by atoms with Crippen molar-refractivity contribution in [1.29, 1.82) is 0 Å². The van der Waals surface area contributed by atoms with Gasteiger partial charge in [0.05, 0.1) is 11.5 Å². The molecule has 0 unspecified atom stereocenters. The van der Waals surface area contributed by atoms with Gasteiger partial charge in [-0.2, -0.15) is 0 Å². The van der Waals surface area contributed by atoms with E-state index < -0.39 is 9.04 Å². The predicted molar refractivity (Wildman–Crippen MR) is 45.2 cm³/mol. The lowest BCUT2D eigenvalue weighted by molar-refractivity contribution is 0.294. The van der Waals surface area contributed by atoms with Crippen molar-refractivity contribution in [2.45, 2.75) is 18.9 Å².